The maximum Gasteiger partial charge on any atom is 0.163 e. The lowest BCUT2D eigenvalue weighted by Gasteiger charge is -2.03. The number of Topliss-reactive ketones (excluding diaryl/α,β-unsaturated/α-hetero) is 1. The first-order chi connectivity index (χ1) is 9.83. The molecule has 1 aromatic carbocycles. The van der Waals surface area contributed by atoms with Crippen molar-refractivity contribution >= 4 is 16.7 Å². The highest BCUT2D eigenvalue weighted by Crippen LogP contribution is 2.15. The number of ketones is 1. The number of hydrogen-bond donors (Lipinski definition) is 0. The minimum Gasteiger partial charge on any atom is -0.294 e. The van der Waals surface area contributed by atoms with Gasteiger partial charge in [-0.3, -0.25) is 14.8 Å². The van der Waals surface area contributed by atoms with Gasteiger partial charge >= 0.3 is 0 Å². The summed E-state index contributed by atoms with van der Waals surface area (Å²) in [5.41, 5.74) is 2.72. The van der Waals surface area contributed by atoms with Crippen molar-refractivity contribution in [2.45, 2.75) is 12.8 Å². The van der Waals surface area contributed by atoms with Crippen molar-refractivity contribution < 1.29 is 4.79 Å². The van der Waals surface area contributed by atoms with Gasteiger partial charge in [0.1, 0.15) is 0 Å². The molecule has 0 saturated heterocycles. The fourth-order valence-corrected chi connectivity index (χ4v) is 2.19. The van der Waals surface area contributed by atoms with E-state index in [1.807, 2.05) is 42.5 Å². The van der Waals surface area contributed by atoms with Gasteiger partial charge < -0.3 is 0 Å². The molecule has 0 fully saturated rings. The smallest absolute Gasteiger partial charge is 0.163 e. The molecule has 0 aliphatic heterocycles. The van der Waals surface area contributed by atoms with Crippen LogP contribution in [0.25, 0.3) is 10.9 Å². The third kappa shape index (κ3) is 2.72. The number of rotatable bonds is 4. The maximum atomic E-state index is 12.2. The van der Waals surface area contributed by atoms with Crippen molar-refractivity contribution in [2.75, 3.05) is 0 Å². The third-order valence-electron chi connectivity index (χ3n) is 3.32. The van der Waals surface area contributed by atoms with Crippen LogP contribution in [-0.2, 0) is 6.42 Å². The van der Waals surface area contributed by atoms with Crippen molar-refractivity contribution in [3.8, 4) is 0 Å². The van der Waals surface area contributed by atoms with Crippen molar-refractivity contribution in [1.29, 1.82) is 0 Å². The summed E-state index contributed by atoms with van der Waals surface area (Å²) in [5.74, 6) is 0.148. The number of nitrogens with zero attached hydrogens (tertiary/aromatic N) is 2. The van der Waals surface area contributed by atoms with Crippen LogP contribution in [0.3, 0.4) is 0 Å². The molecule has 0 amide bonds. The molecule has 2 heterocycles. The summed E-state index contributed by atoms with van der Waals surface area (Å²) in [6.07, 6.45) is 6.48. The standard InChI is InChI=1S/C17H14N2O/c20-17(6-3-13-7-10-18-11-8-13)15-5-4-14-2-1-9-19-16(14)12-15/h1-2,4-5,7-12H,3,6H2. The molecule has 0 aliphatic rings. The lowest BCUT2D eigenvalue weighted by Crippen LogP contribution is -2.01. The second kappa shape index (κ2) is 5.61. The zero-order chi connectivity index (χ0) is 13.8. The maximum absolute atomic E-state index is 12.2. The Bertz CT molecular complexity index is 738. The summed E-state index contributed by atoms with van der Waals surface area (Å²) in [4.78, 5) is 20.5. The fourth-order valence-electron chi connectivity index (χ4n) is 2.19. The number of pyridine rings is 2. The van der Waals surface area contributed by atoms with Gasteiger partial charge in [0, 0.05) is 36.0 Å². The van der Waals surface area contributed by atoms with E-state index >= 15 is 0 Å². The van der Waals surface area contributed by atoms with Crippen molar-refractivity contribution in [3.63, 3.8) is 0 Å². The van der Waals surface area contributed by atoms with Crippen LogP contribution < -0.4 is 0 Å². The molecule has 0 atom stereocenters. The molecule has 0 radical (unpaired) electrons. The van der Waals surface area contributed by atoms with Crippen molar-refractivity contribution in [1.82, 2.24) is 9.97 Å². The van der Waals surface area contributed by atoms with Crippen LogP contribution in [0, 0.1) is 0 Å². The van der Waals surface area contributed by atoms with E-state index in [0.717, 1.165) is 28.5 Å². The van der Waals surface area contributed by atoms with Gasteiger partial charge in [-0.2, -0.15) is 0 Å². The third-order valence-corrected chi connectivity index (χ3v) is 3.32. The second-order valence-electron chi connectivity index (χ2n) is 4.69. The number of benzene rings is 1. The summed E-state index contributed by atoms with van der Waals surface area (Å²) in [6, 6.07) is 13.5. The molecule has 0 saturated carbocycles. The minimum atomic E-state index is 0.148. The van der Waals surface area contributed by atoms with E-state index in [2.05, 4.69) is 9.97 Å². The quantitative estimate of drug-likeness (QED) is 0.676. The first-order valence-corrected chi connectivity index (χ1v) is 6.60. The predicted octanol–water partition coefficient (Wildman–Crippen LogP) is 3.45. The number of carbonyl (C=O) groups excluding carboxylic acids is 1. The minimum absolute atomic E-state index is 0.148. The van der Waals surface area contributed by atoms with Crippen LogP contribution in [0.4, 0.5) is 0 Å². The Morgan fingerprint density at radius 2 is 1.85 bits per heavy atom. The SMILES string of the molecule is O=C(CCc1ccncc1)c1ccc2cccnc2c1. The van der Waals surface area contributed by atoms with Gasteiger partial charge in [-0.25, -0.2) is 0 Å². The van der Waals surface area contributed by atoms with Crippen LogP contribution >= 0.6 is 0 Å². The van der Waals surface area contributed by atoms with Crippen LogP contribution in [-0.4, -0.2) is 15.8 Å². The van der Waals surface area contributed by atoms with Crippen molar-refractivity contribution in [3.05, 3.63) is 72.2 Å². The number of fused-ring (bicyclic) bond motifs is 1. The Kier molecular flexibility index (Phi) is 3.50. The molecule has 3 heteroatoms. The molecule has 0 aliphatic carbocycles. The number of aromatic nitrogens is 2. The van der Waals surface area contributed by atoms with Gasteiger partial charge in [-0.05, 0) is 36.2 Å². The summed E-state index contributed by atoms with van der Waals surface area (Å²) < 4.78 is 0. The Morgan fingerprint density at radius 1 is 1.00 bits per heavy atom. The van der Waals surface area contributed by atoms with Crippen LogP contribution in [0.2, 0.25) is 0 Å². The second-order valence-corrected chi connectivity index (χ2v) is 4.69. The molecule has 0 N–H and O–H groups in total. The van der Waals surface area contributed by atoms with E-state index in [-0.39, 0.29) is 5.78 Å². The Morgan fingerprint density at radius 3 is 2.70 bits per heavy atom. The van der Waals surface area contributed by atoms with E-state index in [9.17, 15) is 4.79 Å². The molecule has 0 bridgehead atoms. The molecule has 3 rings (SSSR count). The molecule has 3 nitrogen and oxygen atoms in total. The van der Waals surface area contributed by atoms with Gasteiger partial charge in [0.25, 0.3) is 0 Å². The molecule has 20 heavy (non-hydrogen) atoms. The van der Waals surface area contributed by atoms with E-state index in [4.69, 9.17) is 0 Å². The van der Waals surface area contributed by atoms with E-state index in [1.165, 1.54) is 0 Å². The summed E-state index contributed by atoms with van der Waals surface area (Å²) in [6.45, 7) is 0. The molecule has 3 aromatic rings. The van der Waals surface area contributed by atoms with E-state index < -0.39 is 0 Å². The number of aryl methyl sites for hydroxylation is 1. The normalized spacial score (nSPS) is 10.6. The highest BCUT2D eigenvalue weighted by molar-refractivity contribution is 5.99. The molecular formula is C17H14N2O. The monoisotopic (exact) mass is 262 g/mol. The molecule has 2 aromatic heterocycles. The highest BCUT2D eigenvalue weighted by Gasteiger charge is 2.07. The first-order valence-electron chi connectivity index (χ1n) is 6.60. The number of carbonyl (C=O) groups is 1. The summed E-state index contributed by atoms with van der Waals surface area (Å²) >= 11 is 0. The Hall–Kier alpha value is -2.55. The molecule has 0 spiro atoms. The van der Waals surface area contributed by atoms with Gasteiger partial charge in [-0.15, -0.1) is 0 Å². The average Bonchev–Trinajstić information content (AvgIpc) is 2.53. The Labute approximate surface area is 117 Å². The van der Waals surface area contributed by atoms with Crippen LogP contribution in [0.15, 0.2) is 61.1 Å². The van der Waals surface area contributed by atoms with Gasteiger partial charge in [0.2, 0.25) is 0 Å². The average molecular weight is 262 g/mol. The Balaban J connectivity index is 1.75. The summed E-state index contributed by atoms with van der Waals surface area (Å²) in [7, 11) is 0. The van der Waals surface area contributed by atoms with E-state index in [0.29, 0.717) is 6.42 Å². The fraction of sp³-hybridized carbons (Fsp3) is 0.118. The van der Waals surface area contributed by atoms with Gasteiger partial charge in [0.05, 0.1) is 5.52 Å². The predicted molar refractivity (Wildman–Crippen MR) is 78.6 cm³/mol. The molecule has 0 unspecified atom stereocenters. The lowest BCUT2D eigenvalue weighted by atomic mass is 10.0. The van der Waals surface area contributed by atoms with Crippen LogP contribution in [0.5, 0.6) is 0 Å². The van der Waals surface area contributed by atoms with Crippen LogP contribution in [0.1, 0.15) is 22.3 Å². The zero-order valence-electron chi connectivity index (χ0n) is 11.0. The zero-order valence-corrected chi connectivity index (χ0v) is 11.0. The van der Waals surface area contributed by atoms with Crippen molar-refractivity contribution in [2.24, 2.45) is 0 Å². The lowest BCUT2D eigenvalue weighted by molar-refractivity contribution is 0.0983. The number of hydrogen-bond acceptors (Lipinski definition) is 3. The topological polar surface area (TPSA) is 42.9 Å². The summed E-state index contributed by atoms with van der Waals surface area (Å²) in [5, 5.41) is 1.05. The molecule has 98 valence electrons. The molecular weight excluding hydrogens is 248 g/mol. The first kappa shape index (κ1) is 12.5. The van der Waals surface area contributed by atoms with Gasteiger partial charge in [-0.1, -0.05) is 18.2 Å². The highest BCUT2D eigenvalue weighted by atomic mass is 16.1. The largest absolute Gasteiger partial charge is 0.294 e. The van der Waals surface area contributed by atoms with E-state index in [1.54, 1.807) is 18.6 Å². The van der Waals surface area contributed by atoms with Gasteiger partial charge in [0.15, 0.2) is 5.78 Å².